The minimum absolute atomic E-state index is 0.303. The Kier molecular flexibility index (Phi) is 7.57. The zero-order chi connectivity index (χ0) is 21.5. The number of amides is 1. The van der Waals surface area contributed by atoms with Gasteiger partial charge in [0, 0.05) is 15.6 Å². The molecule has 0 aliphatic carbocycles. The molecule has 3 rings (SSSR count). The average molecular weight is 464 g/mol. The summed E-state index contributed by atoms with van der Waals surface area (Å²) in [7, 11) is 1.52. The summed E-state index contributed by atoms with van der Waals surface area (Å²) in [5, 5.41) is 5.52. The Labute approximate surface area is 189 Å². The second-order valence-electron chi connectivity index (χ2n) is 6.16. The molecule has 0 fully saturated rings. The van der Waals surface area contributed by atoms with Gasteiger partial charge >= 0.3 is 0 Å². The lowest BCUT2D eigenvalue weighted by molar-refractivity contribution is 0.0955. The first-order chi connectivity index (χ1) is 14.5. The molecule has 0 bridgehead atoms. The first kappa shape index (κ1) is 22.0. The van der Waals surface area contributed by atoms with Crippen molar-refractivity contribution in [3.63, 3.8) is 0 Å². The van der Waals surface area contributed by atoms with E-state index in [9.17, 15) is 4.79 Å². The molecule has 0 unspecified atom stereocenters. The molecule has 0 saturated heterocycles. The highest BCUT2D eigenvalue weighted by Crippen LogP contribution is 2.36. The van der Waals surface area contributed by atoms with E-state index < -0.39 is 0 Å². The van der Waals surface area contributed by atoms with Crippen LogP contribution in [0.2, 0.25) is 15.1 Å². The van der Waals surface area contributed by atoms with Gasteiger partial charge in [0.15, 0.2) is 11.5 Å². The van der Waals surface area contributed by atoms with Crippen LogP contribution in [0.25, 0.3) is 0 Å². The molecule has 0 aliphatic rings. The van der Waals surface area contributed by atoms with Crippen molar-refractivity contribution in [3.05, 3.63) is 92.4 Å². The van der Waals surface area contributed by atoms with Gasteiger partial charge in [-0.3, -0.25) is 4.79 Å². The minimum Gasteiger partial charge on any atom is -0.493 e. The first-order valence-corrected chi connectivity index (χ1v) is 9.93. The number of halogens is 3. The summed E-state index contributed by atoms with van der Waals surface area (Å²) in [6, 6.07) is 17.2. The van der Waals surface area contributed by atoms with Crippen LogP contribution in [0.3, 0.4) is 0 Å². The maximum atomic E-state index is 12.1. The highest BCUT2D eigenvalue weighted by Gasteiger charge is 2.12. The third kappa shape index (κ3) is 5.89. The summed E-state index contributed by atoms with van der Waals surface area (Å²) >= 11 is 18.1. The SMILES string of the molecule is COc1cc(/C=N/NC(=O)c2ccc(Cl)cc2)cc(Cl)c1OCc1ccc(Cl)cc1. The van der Waals surface area contributed by atoms with E-state index in [1.807, 2.05) is 12.1 Å². The van der Waals surface area contributed by atoms with Gasteiger partial charge in [0.1, 0.15) is 6.61 Å². The predicted octanol–water partition coefficient (Wildman–Crippen LogP) is 6.00. The van der Waals surface area contributed by atoms with Crippen LogP contribution in [0.1, 0.15) is 21.5 Å². The first-order valence-electron chi connectivity index (χ1n) is 8.80. The van der Waals surface area contributed by atoms with Gasteiger partial charge in [-0.25, -0.2) is 5.43 Å². The number of methoxy groups -OCH3 is 1. The molecule has 5 nitrogen and oxygen atoms in total. The number of nitrogens with one attached hydrogen (secondary N) is 1. The third-order valence-electron chi connectivity index (χ3n) is 4.03. The van der Waals surface area contributed by atoms with Gasteiger partial charge in [-0.2, -0.15) is 5.10 Å². The van der Waals surface area contributed by atoms with Crippen molar-refractivity contribution in [2.24, 2.45) is 5.10 Å². The van der Waals surface area contributed by atoms with E-state index in [0.29, 0.717) is 44.3 Å². The van der Waals surface area contributed by atoms with Crippen molar-refractivity contribution in [2.45, 2.75) is 6.61 Å². The Balaban J connectivity index is 1.68. The number of benzene rings is 3. The number of carbonyl (C=O) groups excluding carboxylic acids is 1. The molecule has 0 spiro atoms. The van der Waals surface area contributed by atoms with Crippen LogP contribution in [-0.4, -0.2) is 19.2 Å². The Hall–Kier alpha value is -2.73. The van der Waals surface area contributed by atoms with Crippen LogP contribution in [0.4, 0.5) is 0 Å². The monoisotopic (exact) mass is 462 g/mol. The molecule has 1 amide bonds. The zero-order valence-corrected chi connectivity index (χ0v) is 18.1. The van der Waals surface area contributed by atoms with Gasteiger partial charge in [0.2, 0.25) is 0 Å². The number of nitrogens with zero attached hydrogens (tertiary/aromatic N) is 1. The fourth-order valence-electron chi connectivity index (χ4n) is 2.52. The van der Waals surface area contributed by atoms with Crippen LogP contribution in [0, 0.1) is 0 Å². The van der Waals surface area contributed by atoms with Crippen molar-refractivity contribution in [3.8, 4) is 11.5 Å². The Bertz CT molecular complexity index is 1050. The lowest BCUT2D eigenvalue weighted by Crippen LogP contribution is -2.17. The molecule has 1 N–H and O–H groups in total. The Morgan fingerprint density at radius 1 is 1.00 bits per heavy atom. The summed E-state index contributed by atoms with van der Waals surface area (Å²) in [4.78, 5) is 12.1. The van der Waals surface area contributed by atoms with Gasteiger partial charge in [0.25, 0.3) is 5.91 Å². The van der Waals surface area contributed by atoms with E-state index >= 15 is 0 Å². The molecule has 0 heterocycles. The molecule has 0 aromatic heterocycles. The van der Waals surface area contributed by atoms with Crippen LogP contribution in [-0.2, 0) is 6.61 Å². The van der Waals surface area contributed by atoms with Gasteiger partial charge in [-0.05, 0) is 59.7 Å². The standard InChI is InChI=1S/C22H17Cl3N2O3/c1-29-20-11-15(12-26-27-22(28)16-4-8-18(24)9-5-16)10-19(25)21(20)30-13-14-2-6-17(23)7-3-14/h2-12H,13H2,1H3,(H,27,28)/b26-12+. The van der Waals surface area contributed by atoms with Crippen molar-refractivity contribution in [2.75, 3.05) is 7.11 Å². The van der Waals surface area contributed by atoms with Gasteiger partial charge in [-0.1, -0.05) is 46.9 Å². The molecule has 0 saturated carbocycles. The third-order valence-corrected chi connectivity index (χ3v) is 4.82. The van der Waals surface area contributed by atoms with Crippen molar-refractivity contribution >= 4 is 46.9 Å². The number of ether oxygens (including phenoxy) is 2. The molecule has 8 heteroatoms. The Morgan fingerprint density at radius 2 is 1.63 bits per heavy atom. The molecule has 0 aliphatic heterocycles. The molecule has 3 aromatic carbocycles. The van der Waals surface area contributed by atoms with Crippen molar-refractivity contribution in [1.29, 1.82) is 0 Å². The molecular formula is C22H17Cl3N2O3. The van der Waals surface area contributed by atoms with Gasteiger partial charge in [-0.15, -0.1) is 0 Å². The molecule has 0 radical (unpaired) electrons. The van der Waals surface area contributed by atoms with E-state index in [4.69, 9.17) is 44.3 Å². The summed E-state index contributed by atoms with van der Waals surface area (Å²) < 4.78 is 11.2. The van der Waals surface area contributed by atoms with E-state index in [1.54, 1.807) is 48.5 Å². The fraction of sp³-hybridized carbons (Fsp3) is 0.0909. The smallest absolute Gasteiger partial charge is 0.271 e. The molecule has 30 heavy (non-hydrogen) atoms. The lowest BCUT2D eigenvalue weighted by atomic mass is 10.2. The molecule has 3 aromatic rings. The Morgan fingerprint density at radius 3 is 2.27 bits per heavy atom. The van der Waals surface area contributed by atoms with E-state index in [0.717, 1.165) is 5.56 Å². The van der Waals surface area contributed by atoms with Crippen molar-refractivity contribution < 1.29 is 14.3 Å². The zero-order valence-electron chi connectivity index (χ0n) is 15.9. The highest BCUT2D eigenvalue weighted by molar-refractivity contribution is 6.32. The number of hydrazone groups is 1. The van der Waals surface area contributed by atoms with Crippen LogP contribution in [0.5, 0.6) is 11.5 Å². The number of carbonyl (C=O) groups is 1. The number of hydrogen-bond donors (Lipinski definition) is 1. The minimum atomic E-state index is -0.358. The largest absolute Gasteiger partial charge is 0.493 e. The van der Waals surface area contributed by atoms with Gasteiger partial charge in [0.05, 0.1) is 18.3 Å². The maximum Gasteiger partial charge on any atom is 0.271 e. The summed E-state index contributed by atoms with van der Waals surface area (Å²) in [5.41, 5.74) is 4.46. The number of hydrogen-bond acceptors (Lipinski definition) is 4. The van der Waals surface area contributed by atoms with E-state index in [1.165, 1.54) is 13.3 Å². The second-order valence-corrected chi connectivity index (χ2v) is 7.44. The van der Waals surface area contributed by atoms with Crippen LogP contribution >= 0.6 is 34.8 Å². The quantitative estimate of drug-likeness (QED) is 0.345. The van der Waals surface area contributed by atoms with Crippen molar-refractivity contribution in [1.82, 2.24) is 5.43 Å². The topological polar surface area (TPSA) is 59.9 Å². The molecule has 0 atom stereocenters. The maximum absolute atomic E-state index is 12.1. The molecular weight excluding hydrogens is 447 g/mol. The second kappa shape index (κ2) is 10.3. The summed E-state index contributed by atoms with van der Waals surface area (Å²) in [5.74, 6) is 0.502. The molecule has 154 valence electrons. The lowest BCUT2D eigenvalue weighted by Gasteiger charge is -2.13. The van der Waals surface area contributed by atoms with Crippen LogP contribution < -0.4 is 14.9 Å². The summed E-state index contributed by atoms with van der Waals surface area (Å²) in [6.07, 6.45) is 1.46. The van der Waals surface area contributed by atoms with Crippen LogP contribution in [0.15, 0.2) is 65.8 Å². The van der Waals surface area contributed by atoms with E-state index in [2.05, 4.69) is 10.5 Å². The predicted molar refractivity (Wildman–Crippen MR) is 120 cm³/mol. The van der Waals surface area contributed by atoms with E-state index in [-0.39, 0.29) is 5.91 Å². The normalized spacial score (nSPS) is 10.8. The van der Waals surface area contributed by atoms with Gasteiger partial charge < -0.3 is 9.47 Å². The summed E-state index contributed by atoms with van der Waals surface area (Å²) in [6.45, 7) is 0.303. The average Bonchev–Trinajstić information content (AvgIpc) is 2.74. The highest BCUT2D eigenvalue weighted by atomic mass is 35.5. The number of rotatable bonds is 7. The fourth-order valence-corrected chi connectivity index (χ4v) is 3.05.